The zero-order valence-corrected chi connectivity index (χ0v) is 24.6. The Morgan fingerprint density at radius 1 is 0.703 bits per heavy atom. The Morgan fingerprint density at radius 2 is 1.08 bits per heavy atom. The minimum Gasteiger partial charge on any atom is -0.741 e. The molecule has 0 saturated heterocycles. The standard InChI is InChI=1S/C27H31N6PS2.Cu/c1-21(29-31-26(35)28-3)22(2)30-32-27(36)33(4)20-34(23-14-8-5-9-15-23,24-16-10-6-11-17-24)25-18-12-7-13-19-25;/h5-19H,20H2,1-4H3,(H2-,28,29,30,31,32,35,36);/q;+2/p-1. The van der Waals surface area contributed by atoms with Gasteiger partial charge in [0, 0.05) is 19.3 Å². The fourth-order valence-electron chi connectivity index (χ4n) is 3.63. The first-order valence-corrected chi connectivity index (χ1v) is 14.2. The molecule has 0 spiro atoms. The van der Waals surface area contributed by atoms with Gasteiger partial charge in [-0.05, 0) is 55.4 Å². The van der Waals surface area contributed by atoms with Gasteiger partial charge in [-0.1, -0.05) is 54.6 Å². The summed E-state index contributed by atoms with van der Waals surface area (Å²) >= 11 is 10.7. The molecule has 3 aromatic rings. The van der Waals surface area contributed by atoms with Crippen LogP contribution in [-0.2, 0) is 42.3 Å². The second-order valence-corrected chi connectivity index (χ2v) is 12.3. The number of nitrogens with zero attached hydrogens (tertiary/aromatic N) is 5. The molecule has 0 amide bonds. The second kappa shape index (κ2) is 14.9. The van der Waals surface area contributed by atoms with Crippen LogP contribution in [0.2, 0.25) is 0 Å². The predicted molar refractivity (Wildman–Crippen MR) is 163 cm³/mol. The normalized spacial score (nSPS) is 13.1. The third-order valence-corrected chi connectivity index (χ3v) is 10.7. The molecule has 195 valence electrons. The molecule has 0 fully saturated rings. The average molecular weight is 597 g/mol. The van der Waals surface area contributed by atoms with Crippen LogP contribution in [0.5, 0.6) is 0 Å². The van der Waals surface area contributed by atoms with Crippen molar-refractivity contribution < 1.29 is 17.1 Å². The second-order valence-electron chi connectivity index (χ2n) is 8.06. The van der Waals surface area contributed by atoms with Crippen LogP contribution < -0.4 is 21.2 Å². The van der Waals surface area contributed by atoms with Crippen molar-refractivity contribution >= 4 is 70.2 Å². The number of nitrogens with one attached hydrogen (secondary N) is 1. The van der Waals surface area contributed by atoms with E-state index in [-0.39, 0.29) is 17.1 Å². The van der Waals surface area contributed by atoms with Crippen LogP contribution in [0.3, 0.4) is 0 Å². The largest absolute Gasteiger partial charge is 2.00 e. The van der Waals surface area contributed by atoms with Gasteiger partial charge < -0.3 is 35.5 Å². The van der Waals surface area contributed by atoms with E-state index >= 15 is 0 Å². The minimum atomic E-state index is -2.09. The van der Waals surface area contributed by atoms with E-state index < -0.39 is 7.26 Å². The van der Waals surface area contributed by atoms with Gasteiger partial charge in [-0.15, -0.1) is 0 Å². The van der Waals surface area contributed by atoms with Crippen molar-refractivity contribution in [1.29, 1.82) is 0 Å². The Morgan fingerprint density at radius 3 is 1.46 bits per heavy atom. The third kappa shape index (κ3) is 7.91. The molecule has 1 radical (unpaired) electrons. The van der Waals surface area contributed by atoms with E-state index in [2.05, 4.69) is 117 Å². The SMILES string of the molecule is CN/C([S-])=N/N=C(C)/C(C)=N/N=C(\[S-])N(C)C[P+](c1ccccc1)(c1ccccc1)c1ccccc1.[Cu+2]. The Labute approximate surface area is 242 Å². The van der Waals surface area contributed by atoms with Crippen LogP contribution in [0.4, 0.5) is 0 Å². The molecule has 0 aromatic heterocycles. The van der Waals surface area contributed by atoms with Gasteiger partial charge in [0.1, 0.15) is 29.5 Å². The smallest absolute Gasteiger partial charge is 0.741 e. The molecule has 10 heteroatoms. The summed E-state index contributed by atoms with van der Waals surface area (Å²) in [7, 11) is 1.59. The molecular weight excluding hydrogens is 567 g/mol. The van der Waals surface area contributed by atoms with Gasteiger partial charge in [0.25, 0.3) is 0 Å². The summed E-state index contributed by atoms with van der Waals surface area (Å²) in [5.41, 5.74) is 1.23. The van der Waals surface area contributed by atoms with Gasteiger partial charge in [0.15, 0.2) is 0 Å². The van der Waals surface area contributed by atoms with Gasteiger partial charge in [-0.25, -0.2) is 0 Å². The first-order chi connectivity index (χ1) is 17.4. The molecule has 37 heavy (non-hydrogen) atoms. The number of amidine groups is 2. The summed E-state index contributed by atoms with van der Waals surface area (Å²) in [4.78, 5) is 2.01. The van der Waals surface area contributed by atoms with Gasteiger partial charge in [0.05, 0.1) is 11.4 Å². The van der Waals surface area contributed by atoms with Crippen molar-refractivity contribution in [2.75, 3.05) is 20.4 Å². The van der Waals surface area contributed by atoms with E-state index in [9.17, 15) is 0 Å². The Bertz CT molecular complexity index is 1150. The molecule has 0 aliphatic carbocycles. The zero-order valence-electron chi connectivity index (χ0n) is 21.2. The van der Waals surface area contributed by atoms with Crippen molar-refractivity contribution in [2.24, 2.45) is 20.4 Å². The first kappa shape index (κ1) is 30.6. The fraction of sp³-hybridized carbons (Fsp3) is 0.185. The maximum absolute atomic E-state index is 5.70. The van der Waals surface area contributed by atoms with Crippen LogP contribution in [-0.4, -0.2) is 47.0 Å². The van der Waals surface area contributed by atoms with Crippen LogP contribution >= 0.6 is 7.26 Å². The van der Waals surface area contributed by atoms with E-state index in [1.54, 1.807) is 14.0 Å². The number of hydrogen-bond donors (Lipinski definition) is 1. The molecule has 0 saturated carbocycles. The van der Waals surface area contributed by atoms with Gasteiger partial charge >= 0.3 is 17.1 Å². The quantitative estimate of drug-likeness (QED) is 0.108. The summed E-state index contributed by atoms with van der Waals surface area (Å²) < 4.78 is 0. The van der Waals surface area contributed by atoms with Crippen LogP contribution in [0.25, 0.3) is 0 Å². The van der Waals surface area contributed by atoms with Crippen LogP contribution in [0.15, 0.2) is 111 Å². The van der Waals surface area contributed by atoms with E-state index in [0.717, 1.165) is 0 Å². The molecule has 0 aliphatic heterocycles. The number of rotatable bonds is 8. The third-order valence-electron chi connectivity index (χ3n) is 5.66. The monoisotopic (exact) mass is 596 g/mol. The molecule has 1 N–H and O–H groups in total. The maximum Gasteiger partial charge on any atom is 2.00 e. The Balaban J connectivity index is 0.00000481. The Kier molecular flexibility index (Phi) is 12.3. The van der Waals surface area contributed by atoms with Crippen LogP contribution in [0, 0.1) is 0 Å². The molecule has 0 atom stereocenters. The van der Waals surface area contributed by atoms with Crippen molar-refractivity contribution in [1.82, 2.24) is 10.2 Å². The molecular formula is C27H30CuN6PS2+. The summed E-state index contributed by atoms with van der Waals surface area (Å²) in [6, 6.07) is 32.0. The van der Waals surface area contributed by atoms with E-state index in [0.29, 0.717) is 28.0 Å². The average Bonchev–Trinajstić information content (AvgIpc) is 2.94. The molecule has 0 unspecified atom stereocenters. The van der Waals surface area contributed by atoms with Crippen molar-refractivity contribution in [3.05, 3.63) is 91.0 Å². The van der Waals surface area contributed by atoms with Crippen molar-refractivity contribution in [3.63, 3.8) is 0 Å². The van der Waals surface area contributed by atoms with Gasteiger partial charge in [-0.2, -0.15) is 20.4 Å². The Hall–Kier alpha value is -2.67. The molecule has 0 bridgehead atoms. The summed E-state index contributed by atoms with van der Waals surface area (Å²) in [5, 5.41) is 24.0. The molecule has 6 nitrogen and oxygen atoms in total. The zero-order chi connectivity index (χ0) is 26.0. The first-order valence-electron chi connectivity index (χ1n) is 11.4. The molecule has 0 heterocycles. The summed E-state index contributed by atoms with van der Waals surface area (Å²) in [6.07, 6.45) is 0.681. The number of benzene rings is 3. The molecule has 0 aliphatic rings. The van der Waals surface area contributed by atoms with E-state index in [4.69, 9.17) is 25.3 Å². The van der Waals surface area contributed by atoms with Gasteiger partial charge in [-0.3, -0.25) is 0 Å². The van der Waals surface area contributed by atoms with Crippen molar-refractivity contribution in [3.8, 4) is 0 Å². The molecule has 3 rings (SSSR count). The van der Waals surface area contributed by atoms with E-state index in [1.807, 2.05) is 18.9 Å². The van der Waals surface area contributed by atoms with E-state index in [1.165, 1.54) is 15.9 Å². The van der Waals surface area contributed by atoms with Crippen LogP contribution in [0.1, 0.15) is 13.8 Å². The summed E-state index contributed by atoms with van der Waals surface area (Å²) in [6.45, 7) is 3.62. The molecule has 3 aromatic carbocycles. The topological polar surface area (TPSA) is 64.7 Å². The summed E-state index contributed by atoms with van der Waals surface area (Å²) in [5.74, 6) is 0. The fourth-order valence-corrected chi connectivity index (χ4v) is 8.07. The minimum absolute atomic E-state index is 0. The van der Waals surface area contributed by atoms with Gasteiger partial charge in [0.2, 0.25) is 0 Å². The van der Waals surface area contributed by atoms with Crippen molar-refractivity contribution in [2.45, 2.75) is 13.8 Å². The maximum atomic E-state index is 5.70. The predicted octanol–water partition coefficient (Wildman–Crippen LogP) is 3.64. The number of hydrogen-bond acceptors (Lipinski definition) is 6.